The van der Waals surface area contributed by atoms with Crippen molar-refractivity contribution in [1.29, 1.82) is 0 Å². The van der Waals surface area contributed by atoms with E-state index in [1.807, 2.05) is 26.0 Å². The van der Waals surface area contributed by atoms with Crippen LogP contribution in [-0.2, 0) is 26.1 Å². The molecule has 0 saturated carbocycles. The molecular weight excluding hydrogens is 400 g/mol. The lowest BCUT2D eigenvalue weighted by molar-refractivity contribution is -0.120. The van der Waals surface area contributed by atoms with Crippen LogP contribution in [0, 0.1) is 0 Å². The minimum absolute atomic E-state index is 0.155. The van der Waals surface area contributed by atoms with E-state index in [0.29, 0.717) is 0 Å². The van der Waals surface area contributed by atoms with Crippen LogP contribution in [0.4, 0.5) is 5.82 Å². The van der Waals surface area contributed by atoms with Gasteiger partial charge in [0, 0.05) is 25.8 Å². The Kier molecular flexibility index (Phi) is 6.65. The number of morpholine rings is 1. The number of thiophene rings is 1. The van der Waals surface area contributed by atoms with Crippen molar-refractivity contribution in [1.82, 2.24) is 15.0 Å². The van der Waals surface area contributed by atoms with Gasteiger partial charge in [-0.2, -0.15) is 0 Å². The Bertz CT molecular complexity index is 875. The monoisotopic (exact) mass is 424 g/mol. The molecule has 1 aliphatic rings. The molecule has 28 heavy (non-hydrogen) atoms. The predicted molar refractivity (Wildman–Crippen MR) is 108 cm³/mol. The Hall–Kier alpha value is -2.01. The number of sulfonamides is 1. The zero-order valence-electron chi connectivity index (χ0n) is 15.8. The molecule has 2 N–H and O–H groups in total. The predicted octanol–water partition coefficient (Wildman–Crippen LogP) is 1.35. The van der Waals surface area contributed by atoms with Gasteiger partial charge in [-0.1, -0.05) is 12.1 Å². The van der Waals surface area contributed by atoms with Crippen molar-refractivity contribution in [2.75, 3.05) is 24.5 Å². The van der Waals surface area contributed by atoms with Crippen molar-refractivity contribution < 1.29 is 17.9 Å². The highest BCUT2D eigenvalue weighted by Crippen LogP contribution is 2.18. The molecule has 3 rings (SSSR count). The number of hydrogen-bond donors (Lipinski definition) is 2. The quantitative estimate of drug-likeness (QED) is 0.696. The molecule has 2 aromatic rings. The molecule has 1 saturated heterocycles. The van der Waals surface area contributed by atoms with Gasteiger partial charge < -0.3 is 15.0 Å². The van der Waals surface area contributed by atoms with Gasteiger partial charge in [-0.05, 0) is 36.9 Å². The first-order valence-corrected chi connectivity index (χ1v) is 11.3. The molecule has 1 amide bonds. The number of aromatic nitrogens is 1. The summed E-state index contributed by atoms with van der Waals surface area (Å²) in [6, 6.07) is 6.97. The van der Waals surface area contributed by atoms with Crippen LogP contribution in [0.5, 0.6) is 0 Å². The molecule has 0 aliphatic carbocycles. The molecule has 1 aliphatic heterocycles. The Labute approximate surface area is 169 Å². The zero-order chi connectivity index (χ0) is 20.1. The molecule has 3 heterocycles. The summed E-state index contributed by atoms with van der Waals surface area (Å²) >= 11 is 1.10. The van der Waals surface area contributed by atoms with Gasteiger partial charge in [0.25, 0.3) is 10.0 Å². The van der Waals surface area contributed by atoms with E-state index in [-0.39, 0.29) is 29.5 Å². The maximum absolute atomic E-state index is 12.0. The molecular formula is C18H24N4O4S2. The topological polar surface area (TPSA) is 101 Å². The average Bonchev–Trinajstić information content (AvgIpc) is 3.20. The van der Waals surface area contributed by atoms with Crippen LogP contribution in [0.2, 0.25) is 0 Å². The highest BCUT2D eigenvalue weighted by atomic mass is 32.2. The Morgan fingerprint density at radius 3 is 2.64 bits per heavy atom. The summed E-state index contributed by atoms with van der Waals surface area (Å²) in [6.45, 7) is 5.63. The van der Waals surface area contributed by atoms with Crippen LogP contribution in [0.1, 0.15) is 19.4 Å². The number of ether oxygens (including phenoxy) is 1. The fourth-order valence-electron chi connectivity index (χ4n) is 2.98. The number of amides is 1. The number of pyridine rings is 1. The first-order valence-electron chi connectivity index (χ1n) is 8.98. The van der Waals surface area contributed by atoms with E-state index in [9.17, 15) is 13.2 Å². The van der Waals surface area contributed by atoms with Crippen LogP contribution in [-0.4, -0.2) is 51.2 Å². The second-order valence-corrected chi connectivity index (χ2v) is 9.66. The summed E-state index contributed by atoms with van der Waals surface area (Å²) in [7, 11) is -3.64. The fraction of sp³-hybridized carbons (Fsp3) is 0.444. The molecule has 0 aromatic carbocycles. The van der Waals surface area contributed by atoms with Crippen molar-refractivity contribution >= 4 is 33.1 Å². The Morgan fingerprint density at radius 2 is 2.04 bits per heavy atom. The summed E-state index contributed by atoms with van der Waals surface area (Å²) < 4.78 is 32.2. The van der Waals surface area contributed by atoms with Crippen molar-refractivity contribution in [2.24, 2.45) is 0 Å². The number of rotatable bonds is 7. The normalized spacial score (nSPS) is 20.1. The van der Waals surface area contributed by atoms with Crippen LogP contribution in [0.25, 0.3) is 0 Å². The third kappa shape index (κ3) is 5.51. The zero-order valence-corrected chi connectivity index (χ0v) is 17.4. The molecule has 2 unspecified atom stereocenters. The van der Waals surface area contributed by atoms with E-state index in [4.69, 9.17) is 4.74 Å². The third-order valence-electron chi connectivity index (χ3n) is 4.23. The van der Waals surface area contributed by atoms with E-state index >= 15 is 0 Å². The molecule has 0 spiro atoms. The highest BCUT2D eigenvalue weighted by Gasteiger charge is 2.23. The minimum Gasteiger partial charge on any atom is -0.372 e. The first-order chi connectivity index (χ1) is 13.3. The van der Waals surface area contributed by atoms with Crippen molar-refractivity contribution in [3.63, 3.8) is 0 Å². The summed E-state index contributed by atoms with van der Waals surface area (Å²) in [5.74, 6) is 0.473. The van der Waals surface area contributed by atoms with Gasteiger partial charge in [0.2, 0.25) is 5.91 Å². The van der Waals surface area contributed by atoms with Crippen LogP contribution in [0.3, 0.4) is 0 Å². The maximum atomic E-state index is 12.0. The van der Waals surface area contributed by atoms with Crippen molar-refractivity contribution in [3.8, 4) is 0 Å². The molecule has 152 valence electrons. The highest BCUT2D eigenvalue weighted by molar-refractivity contribution is 7.91. The number of hydrogen-bond acceptors (Lipinski definition) is 7. The molecule has 0 bridgehead atoms. The van der Waals surface area contributed by atoms with Gasteiger partial charge >= 0.3 is 0 Å². The number of carbonyl (C=O) groups is 1. The summed E-state index contributed by atoms with van der Waals surface area (Å²) in [6.07, 6.45) is 2.03. The summed E-state index contributed by atoms with van der Waals surface area (Å²) in [5.41, 5.74) is 0.840. The molecule has 0 radical (unpaired) electrons. The van der Waals surface area contributed by atoms with E-state index < -0.39 is 15.9 Å². The largest absolute Gasteiger partial charge is 0.372 e. The van der Waals surface area contributed by atoms with Crippen LogP contribution in [0.15, 0.2) is 40.1 Å². The Morgan fingerprint density at radius 1 is 1.29 bits per heavy atom. The van der Waals surface area contributed by atoms with Gasteiger partial charge in [0.15, 0.2) is 0 Å². The molecule has 10 heteroatoms. The average molecular weight is 425 g/mol. The SMILES string of the molecule is CC1CN(c2ccc(CNC(=O)CNS(=O)(=O)c3cccs3)cn2)CC(C)O1. The lowest BCUT2D eigenvalue weighted by Gasteiger charge is -2.36. The second kappa shape index (κ2) is 8.99. The van der Waals surface area contributed by atoms with Gasteiger partial charge in [0.05, 0.1) is 18.8 Å². The van der Waals surface area contributed by atoms with Crippen LogP contribution >= 0.6 is 11.3 Å². The van der Waals surface area contributed by atoms with Crippen LogP contribution < -0.4 is 14.9 Å². The Balaban J connectivity index is 1.47. The van der Waals surface area contributed by atoms with E-state index in [2.05, 4.69) is 19.9 Å². The lowest BCUT2D eigenvalue weighted by atomic mass is 10.2. The third-order valence-corrected chi connectivity index (χ3v) is 7.02. The maximum Gasteiger partial charge on any atom is 0.250 e. The van der Waals surface area contributed by atoms with E-state index in [1.165, 1.54) is 6.07 Å². The fourth-order valence-corrected chi connectivity index (χ4v) is 5.00. The molecule has 2 aromatic heterocycles. The van der Waals surface area contributed by atoms with E-state index in [0.717, 1.165) is 35.8 Å². The molecule has 8 nitrogen and oxygen atoms in total. The number of nitrogens with zero attached hydrogens (tertiary/aromatic N) is 2. The van der Waals surface area contributed by atoms with Gasteiger partial charge in [-0.15, -0.1) is 11.3 Å². The van der Waals surface area contributed by atoms with E-state index in [1.54, 1.807) is 17.6 Å². The standard InChI is InChI=1S/C18H24N4O4S2/c1-13-11-22(12-14(2)26-13)16-6-5-15(8-19-16)9-20-17(23)10-21-28(24,25)18-4-3-7-27-18/h3-8,13-14,21H,9-12H2,1-2H3,(H,20,23). The number of nitrogens with one attached hydrogen (secondary N) is 2. The number of carbonyl (C=O) groups excluding carboxylic acids is 1. The first kappa shape index (κ1) is 20.7. The van der Waals surface area contributed by atoms with Gasteiger partial charge in [-0.25, -0.2) is 18.1 Å². The lowest BCUT2D eigenvalue weighted by Crippen LogP contribution is -2.45. The van der Waals surface area contributed by atoms with Crippen molar-refractivity contribution in [3.05, 3.63) is 41.4 Å². The summed E-state index contributed by atoms with van der Waals surface area (Å²) in [5, 5.41) is 4.36. The number of anilines is 1. The smallest absolute Gasteiger partial charge is 0.250 e. The summed E-state index contributed by atoms with van der Waals surface area (Å²) in [4.78, 5) is 18.6. The van der Waals surface area contributed by atoms with Gasteiger partial charge in [0.1, 0.15) is 10.0 Å². The minimum atomic E-state index is -3.64. The van der Waals surface area contributed by atoms with Gasteiger partial charge in [-0.3, -0.25) is 4.79 Å². The second-order valence-electron chi connectivity index (χ2n) is 6.72. The molecule has 1 fully saturated rings. The van der Waals surface area contributed by atoms with Crippen molar-refractivity contribution in [2.45, 2.75) is 36.8 Å². The molecule has 2 atom stereocenters.